The fourth-order valence-electron chi connectivity index (χ4n) is 3.91. The number of carbonyl (C=O) groups excluding carboxylic acids is 1. The van der Waals surface area contributed by atoms with Gasteiger partial charge in [0.1, 0.15) is 0 Å². The second-order valence-electron chi connectivity index (χ2n) is 7.41. The molecular weight excluding hydrogens is 302 g/mol. The van der Waals surface area contributed by atoms with Gasteiger partial charge in [0, 0.05) is 32.7 Å². The summed E-state index contributed by atoms with van der Waals surface area (Å²) in [5.41, 5.74) is 2.53. The van der Waals surface area contributed by atoms with E-state index in [4.69, 9.17) is 4.74 Å². The Labute approximate surface area is 144 Å². The van der Waals surface area contributed by atoms with Gasteiger partial charge >= 0.3 is 0 Å². The van der Waals surface area contributed by atoms with E-state index in [-0.39, 0.29) is 11.8 Å². The zero-order chi connectivity index (χ0) is 16.9. The molecule has 0 aliphatic carbocycles. The molecule has 1 amide bonds. The minimum atomic E-state index is -0.419. The van der Waals surface area contributed by atoms with Crippen molar-refractivity contribution in [2.24, 2.45) is 11.8 Å². The van der Waals surface area contributed by atoms with E-state index >= 15 is 0 Å². The van der Waals surface area contributed by atoms with Crippen molar-refractivity contribution in [2.75, 3.05) is 26.3 Å². The molecule has 0 radical (unpaired) electrons. The number of carbonyl (C=O) groups is 1. The number of likely N-dealkylation sites (tertiary alicyclic amines) is 1. The van der Waals surface area contributed by atoms with E-state index in [1.165, 1.54) is 11.1 Å². The number of nitrogens with zero attached hydrogens (tertiary/aromatic N) is 1. The lowest BCUT2D eigenvalue weighted by atomic mass is 9.87. The molecule has 132 valence electrons. The van der Waals surface area contributed by atoms with Crippen LogP contribution in [-0.2, 0) is 16.0 Å². The Morgan fingerprint density at radius 3 is 2.79 bits per heavy atom. The SMILES string of the molecule is Cc1cccc(C[C@H]2CCN(C(=O)CC3CCOCC3)C[C@H]2O)c1. The number of hydrogen-bond acceptors (Lipinski definition) is 3. The van der Waals surface area contributed by atoms with Gasteiger partial charge in [-0.05, 0) is 50.0 Å². The Hall–Kier alpha value is -1.39. The van der Waals surface area contributed by atoms with Gasteiger partial charge in [0.15, 0.2) is 0 Å². The first-order chi connectivity index (χ1) is 11.6. The average Bonchev–Trinajstić information content (AvgIpc) is 2.57. The molecule has 1 N–H and O–H groups in total. The van der Waals surface area contributed by atoms with Gasteiger partial charge in [-0.25, -0.2) is 0 Å². The minimum Gasteiger partial charge on any atom is -0.391 e. The molecule has 2 fully saturated rings. The van der Waals surface area contributed by atoms with Crippen LogP contribution in [0.4, 0.5) is 0 Å². The van der Waals surface area contributed by atoms with Crippen molar-refractivity contribution < 1.29 is 14.6 Å². The van der Waals surface area contributed by atoms with Gasteiger partial charge in [-0.15, -0.1) is 0 Å². The number of aryl methyl sites for hydroxylation is 1. The normalized spacial score (nSPS) is 25.7. The molecule has 4 heteroatoms. The molecule has 3 rings (SSSR count). The number of piperidine rings is 1. The zero-order valence-corrected chi connectivity index (χ0v) is 14.6. The summed E-state index contributed by atoms with van der Waals surface area (Å²) in [5.74, 6) is 0.905. The van der Waals surface area contributed by atoms with E-state index in [0.29, 0.717) is 18.9 Å². The molecule has 2 atom stereocenters. The molecule has 1 aromatic carbocycles. The topological polar surface area (TPSA) is 49.8 Å². The molecule has 0 saturated carbocycles. The van der Waals surface area contributed by atoms with Crippen LogP contribution in [0, 0.1) is 18.8 Å². The Morgan fingerprint density at radius 1 is 1.29 bits per heavy atom. The summed E-state index contributed by atoms with van der Waals surface area (Å²) in [6, 6.07) is 8.49. The van der Waals surface area contributed by atoms with Gasteiger partial charge in [-0.1, -0.05) is 29.8 Å². The van der Waals surface area contributed by atoms with Crippen molar-refractivity contribution in [1.82, 2.24) is 4.90 Å². The lowest BCUT2D eigenvalue weighted by Crippen LogP contribution is -2.47. The third-order valence-electron chi connectivity index (χ3n) is 5.46. The van der Waals surface area contributed by atoms with Crippen LogP contribution in [0.25, 0.3) is 0 Å². The van der Waals surface area contributed by atoms with E-state index in [1.54, 1.807) is 0 Å². The average molecular weight is 331 g/mol. The van der Waals surface area contributed by atoms with Crippen LogP contribution in [0.15, 0.2) is 24.3 Å². The first-order valence-electron chi connectivity index (χ1n) is 9.21. The van der Waals surface area contributed by atoms with Crippen LogP contribution in [0.5, 0.6) is 0 Å². The van der Waals surface area contributed by atoms with Crippen molar-refractivity contribution >= 4 is 5.91 Å². The predicted molar refractivity (Wildman–Crippen MR) is 93.7 cm³/mol. The molecule has 24 heavy (non-hydrogen) atoms. The summed E-state index contributed by atoms with van der Waals surface area (Å²) in [4.78, 5) is 14.4. The number of rotatable bonds is 4. The van der Waals surface area contributed by atoms with Crippen molar-refractivity contribution in [1.29, 1.82) is 0 Å². The monoisotopic (exact) mass is 331 g/mol. The number of hydrogen-bond donors (Lipinski definition) is 1. The van der Waals surface area contributed by atoms with Gasteiger partial charge in [0.2, 0.25) is 5.91 Å². The smallest absolute Gasteiger partial charge is 0.222 e. The Balaban J connectivity index is 1.50. The molecule has 2 saturated heterocycles. The molecule has 1 aromatic rings. The highest BCUT2D eigenvalue weighted by molar-refractivity contribution is 5.76. The summed E-state index contributed by atoms with van der Waals surface area (Å²) < 4.78 is 5.36. The Bertz CT molecular complexity index is 554. The maximum absolute atomic E-state index is 12.5. The molecular formula is C20H29NO3. The molecule has 2 heterocycles. The van der Waals surface area contributed by atoms with Crippen LogP contribution in [0.1, 0.15) is 36.8 Å². The van der Waals surface area contributed by atoms with Gasteiger partial charge in [0.05, 0.1) is 6.10 Å². The summed E-state index contributed by atoms with van der Waals surface area (Å²) in [6.07, 6.45) is 3.94. The highest BCUT2D eigenvalue weighted by Crippen LogP contribution is 2.25. The molecule has 0 spiro atoms. The lowest BCUT2D eigenvalue weighted by molar-refractivity contribution is -0.137. The van der Waals surface area contributed by atoms with E-state index in [2.05, 4.69) is 31.2 Å². The molecule has 2 aliphatic heterocycles. The van der Waals surface area contributed by atoms with Gasteiger partial charge in [0.25, 0.3) is 0 Å². The number of aliphatic hydroxyl groups excluding tert-OH is 1. The van der Waals surface area contributed by atoms with Gasteiger partial charge in [-0.2, -0.15) is 0 Å². The number of amides is 1. The largest absolute Gasteiger partial charge is 0.391 e. The molecule has 0 aromatic heterocycles. The van der Waals surface area contributed by atoms with Gasteiger partial charge < -0.3 is 14.7 Å². The highest BCUT2D eigenvalue weighted by Gasteiger charge is 2.31. The maximum Gasteiger partial charge on any atom is 0.222 e. The first-order valence-corrected chi connectivity index (χ1v) is 9.21. The fourth-order valence-corrected chi connectivity index (χ4v) is 3.91. The Kier molecular flexibility index (Phi) is 5.90. The summed E-state index contributed by atoms with van der Waals surface area (Å²) in [6.45, 7) is 4.91. The van der Waals surface area contributed by atoms with Gasteiger partial charge in [-0.3, -0.25) is 4.79 Å². The maximum atomic E-state index is 12.5. The van der Waals surface area contributed by atoms with Crippen molar-refractivity contribution in [2.45, 2.75) is 45.1 Å². The van der Waals surface area contributed by atoms with Crippen molar-refractivity contribution in [3.8, 4) is 0 Å². The third-order valence-corrected chi connectivity index (χ3v) is 5.46. The van der Waals surface area contributed by atoms with Crippen LogP contribution < -0.4 is 0 Å². The number of β-amino-alcohol motifs (C(OH)–C–C–N with tert-alkyl or cyclic N) is 1. The fraction of sp³-hybridized carbons (Fsp3) is 0.650. The third kappa shape index (κ3) is 4.58. The minimum absolute atomic E-state index is 0.204. The van der Waals surface area contributed by atoms with E-state index in [0.717, 1.165) is 45.4 Å². The van der Waals surface area contributed by atoms with Crippen LogP contribution >= 0.6 is 0 Å². The van der Waals surface area contributed by atoms with Crippen LogP contribution in [-0.4, -0.2) is 48.3 Å². The number of ether oxygens (including phenoxy) is 1. The molecule has 4 nitrogen and oxygen atoms in total. The summed E-state index contributed by atoms with van der Waals surface area (Å²) in [7, 11) is 0. The molecule has 2 aliphatic rings. The second-order valence-corrected chi connectivity index (χ2v) is 7.41. The summed E-state index contributed by atoms with van der Waals surface area (Å²) >= 11 is 0. The second kappa shape index (κ2) is 8.13. The molecule has 0 unspecified atom stereocenters. The summed E-state index contributed by atoms with van der Waals surface area (Å²) in [5, 5.41) is 10.5. The first kappa shape index (κ1) is 17.4. The lowest BCUT2D eigenvalue weighted by Gasteiger charge is -2.37. The van der Waals surface area contributed by atoms with Crippen molar-refractivity contribution in [3.05, 3.63) is 35.4 Å². The molecule has 0 bridgehead atoms. The van der Waals surface area contributed by atoms with E-state index < -0.39 is 6.10 Å². The number of aliphatic hydroxyl groups is 1. The van der Waals surface area contributed by atoms with Crippen LogP contribution in [0.3, 0.4) is 0 Å². The van der Waals surface area contributed by atoms with Crippen LogP contribution in [0.2, 0.25) is 0 Å². The number of benzene rings is 1. The Morgan fingerprint density at radius 2 is 2.08 bits per heavy atom. The standard InChI is InChI=1S/C20H29NO3/c1-15-3-2-4-17(11-15)12-18-5-8-21(14-19(18)22)20(23)13-16-6-9-24-10-7-16/h2-4,11,16,18-19,22H,5-10,12-14H2,1H3/t18-,19-/m1/s1. The van der Waals surface area contributed by atoms with Crippen molar-refractivity contribution in [3.63, 3.8) is 0 Å². The zero-order valence-electron chi connectivity index (χ0n) is 14.6. The predicted octanol–water partition coefficient (Wildman–Crippen LogP) is 2.56. The van der Waals surface area contributed by atoms with E-state index in [1.807, 2.05) is 4.90 Å². The van der Waals surface area contributed by atoms with E-state index in [9.17, 15) is 9.90 Å². The quantitative estimate of drug-likeness (QED) is 0.922. The highest BCUT2D eigenvalue weighted by atomic mass is 16.5.